The van der Waals surface area contributed by atoms with Gasteiger partial charge in [-0.15, -0.1) is 0 Å². The molecule has 0 aliphatic heterocycles. The molecule has 0 fully saturated rings. The van der Waals surface area contributed by atoms with E-state index in [1.165, 1.54) is 29.8 Å². The lowest BCUT2D eigenvalue weighted by Crippen LogP contribution is -2.24. The first kappa shape index (κ1) is 20.0. The van der Waals surface area contributed by atoms with E-state index in [0.717, 1.165) is 0 Å². The number of nitrogens with two attached hydrogens (primary N) is 1. The fourth-order valence-electron chi connectivity index (χ4n) is 2.80. The van der Waals surface area contributed by atoms with E-state index in [2.05, 4.69) is 4.98 Å². The van der Waals surface area contributed by atoms with E-state index in [-0.39, 0.29) is 28.3 Å². The molecule has 0 unspecified atom stereocenters. The number of anilines is 1. The van der Waals surface area contributed by atoms with E-state index in [1.807, 2.05) is 0 Å². The lowest BCUT2D eigenvalue weighted by atomic mass is 9.99. The molecule has 0 saturated carbocycles. The number of methoxy groups -OCH3 is 1. The molecule has 1 aromatic heterocycles. The summed E-state index contributed by atoms with van der Waals surface area (Å²) in [5.41, 5.74) is 6.84. The minimum Gasteiger partial charge on any atom is -0.491 e. The average Bonchev–Trinajstić information content (AvgIpc) is 2.72. The molecule has 8 heteroatoms. The van der Waals surface area contributed by atoms with Crippen LogP contribution in [0.25, 0.3) is 22.4 Å². The third-order valence-corrected chi connectivity index (χ3v) is 4.39. The number of benzene rings is 2. The molecular formula is C21H19FN4O3. The Hall–Kier alpha value is -3.70. The number of hydrogen-bond donors (Lipinski definition) is 1. The quantitative estimate of drug-likeness (QED) is 0.645. The first-order chi connectivity index (χ1) is 14.0. The number of nitrogens with zero attached hydrogens (tertiary/aromatic N) is 3. The molecule has 0 bridgehead atoms. The van der Waals surface area contributed by atoms with Crippen LogP contribution in [0, 0.1) is 17.1 Å². The smallest absolute Gasteiger partial charge is 0.263 e. The zero-order valence-corrected chi connectivity index (χ0v) is 16.0. The number of ether oxygens (including phenoxy) is 2. The summed E-state index contributed by atoms with van der Waals surface area (Å²) < 4.78 is 25.9. The molecule has 0 aliphatic rings. The Morgan fingerprint density at radius 3 is 2.48 bits per heavy atom. The second kappa shape index (κ2) is 8.54. The van der Waals surface area contributed by atoms with Crippen LogP contribution in [0.5, 0.6) is 5.75 Å². The van der Waals surface area contributed by atoms with Gasteiger partial charge in [0, 0.05) is 19.7 Å². The van der Waals surface area contributed by atoms with Gasteiger partial charge in [-0.2, -0.15) is 5.26 Å². The Morgan fingerprint density at radius 1 is 1.17 bits per heavy atom. The van der Waals surface area contributed by atoms with Crippen LogP contribution in [-0.2, 0) is 11.8 Å². The van der Waals surface area contributed by atoms with E-state index in [4.69, 9.17) is 20.5 Å². The van der Waals surface area contributed by atoms with Crippen molar-refractivity contribution >= 4 is 5.95 Å². The van der Waals surface area contributed by atoms with E-state index in [1.54, 1.807) is 37.4 Å². The average molecular weight is 394 g/mol. The standard InChI is InChI=1S/C21H19FN4O3/c1-26-20(27)18(13-5-7-16(8-6-13)29-10-9-28-2)19(25-21(26)24)14-3-4-15(12-23)17(22)11-14/h3-8,11H,9-10H2,1-2H3,(H2,24,25). The highest BCUT2D eigenvalue weighted by Gasteiger charge is 2.18. The molecular weight excluding hydrogens is 375 g/mol. The molecule has 2 N–H and O–H groups in total. The van der Waals surface area contributed by atoms with Crippen LogP contribution in [-0.4, -0.2) is 29.9 Å². The number of halogens is 1. The summed E-state index contributed by atoms with van der Waals surface area (Å²) in [4.78, 5) is 17.2. The van der Waals surface area contributed by atoms with Gasteiger partial charge in [-0.3, -0.25) is 9.36 Å². The van der Waals surface area contributed by atoms with Gasteiger partial charge >= 0.3 is 0 Å². The van der Waals surface area contributed by atoms with Crippen LogP contribution in [0.15, 0.2) is 47.3 Å². The Kier molecular flexibility index (Phi) is 5.90. The molecule has 3 rings (SSSR count). The molecule has 0 saturated heterocycles. The second-order valence-electron chi connectivity index (χ2n) is 6.23. The summed E-state index contributed by atoms with van der Waals surface area (Å²) in [6.07, 6.45) is 0. The van der Waals surface area contributed by atoms with Crippen LogP contribution in [0.3, 0.4) is 0 Å². The van der Waals surface area contributed by atoms with Gasteiger partial charge in [0.15, 0.2) is 0 Å². The predicted molar refractivity (Wildman–Crippen MR) is 107 cm³/mol. The maximum Gasteiger partial charge on any atom is 0.263 e. The van der Waals surface area contributed by atoms with Gasteiger partial charge in [0.25, 0.3) is 5.56 Å². The molecule has 3 aromatic rings. The van der Waals surface area contributed by atoms with Crippen molar-refractivity contribution < 1.29 is 13.9 Å². The highest BCUT2D eigenvalue weighted by Crippen LogP contribution is 2.30. The Labute approximate surface area is 166 Å². The van der Waals surface area contributed by atoms with Crippen molar-refractivity contribution in [3.8, 4) is 34.2 Å². The van der Waals surface area contributed by atoms with Crippen molar-refractivity contribution in [1.82, 2.24) is 9.55 Å². The van der Waals surface area contributed by atoms with Crippen molar-refractivity contribution in [2.24, 2.45) is 7.05 Å². The van der Waals surface area contributed by atoms with Crippen LogP contribution in [0.2, 0.25) is 0 Å². The molecule has 1 heterocycles. The van der Waals surface area contributed by atoms with E-state index >= 15 is 0 Å². The number of nitrogen functional groups attached to an aromatic ring is 1. The molecule has 0 radical (unpaired) electrons. The highest BCUT2D eigenvalue weighted by atomic mass is 19.1. The van der Waals surface area contributed by atoms with Crippen molar-refractivity contribution in [1.29, 1.82) is 5.26 Å². The van der Waals surface area contributed by atoms with Crippen LogP contribution >= 0.6 is 0 Å². The summed E-state index contributed by atoms with van der Waals surface area (Å²) >= 11 is 0. The third kappa shape index (κ3) is 4.10. The Morgan fingerprint density at radius 2 is 1.86 bits per heavy atom. The van der Waals surface area contributed by atoms with Crippen molar-refractivity contribution in [3.05, 3.63) is 64.2 Å². The normalized spacial score (nSPS) is 10.6. The topological polar surface area (TPSA) is 103 Å². The van der Waals surface area contributed by atoms with Crippen molar-refractivity contribution in [2.75, 3.05) is 26.1 Å². The van der Waals surface area contributed by atoms with Gasteiger partial charge in [-0.1, -0.05) is 18.2 Å². The zero-order chi connectivity index (χ0) is 21.0. The molecule has 0 aliphatic carbocycles. The molecule has 148 valence electrons. The van der Waals surface area contributed by atoms with E-state index < -0.39 is 5.82 Å². The van der Waals surface area contributed by atoms with Gasteiger partial charge in [0.1, 0.15) is 24.2 Å². The number of aromatic nitrogens is 2. The maximum absolute atomic E-state index is 14.2. The summed E-state index contributed by atoms with van der Waals surface area (Å²) in [5, 5.41) is 8.94. The van der Waals surface area contributed by atoms with Gasteiger partial charge in [-0.25, -0.2) is 9.37 Å². The largest absolute Gasteiger partial charge is 0.491 e. The summed E-state index contributed by atoms with van der Waals surface area (Å²) in [5.74, 6) is -0.0751. The van der Waals surface area contributed by atoms with Crippen LogP contribution in [0.4, 0.5) is 10.3 Å². The first-order valence-corrected chi connectivity index (χ1v) is 8.75. The molecule has 29 heavy (non-hydrogen) atoms. The zero-order valence-electron chi connectivity index (χ0n) is 16.0. The summed E-state index contributed by atoms with van der Waals surface area (Å²) in [6.45, 7) is 0.857. The van der Waals surface area contributed by atoms with Crippen molar-refractivity contribution in [2.45, 2.75) is 0 Å². The molecule has 7 nitrogen and oxygen atoms in total. The molecule has 0 spiro atoms. The predicted octanol–water partition coefficient (Wildman–Crippen LogP) is 2.73. The number of rotatable bonds is 6. The Bertz CT molecular complexity index is 1130. The third-order valence-electron chi connectivity index (χ3n) is 4.39. The number of nitriles is 1. The minimum absolute atomic E-state index is 0.00182. The van der Waals surface area contributed by atoms with Gasteiger partial charge in [0.2, 0.25) is 5.95 Å². The lowest BCUT2D eigenvalue weighted by molar-refractivity contribution is 0.146. The van der Waals surface area contributed by atoms with Gasteiger partial charge < -0.3 is 15.2 Å². The van der Waals surface area contributed by atoms with E-state index in [9.17, 15) is 9.18 Å². The van der Waals surface area contributed by atoms with Crippen LogP contribution < -0.4 is 16.0 Å². The van der Waals surface area contributed by atoms with E-state index in [0.29, 0.717) is 30.1 Å². The summed E-state index contributed by atoms with van der Waals surface area (Å²) in [7, 11) is 3.10. The Balaban J connectivity index is 2.11. The van der Waals surface area contributed by atoms with Gasteiger partial charge in [-0.05, 0) is 29.8 Å². The maximum atomic E-state index is 14.2. The summed E-state index contributed by atoms with van der Waals surface area (Å²) in [6, 6.07) is 12.7. The van der Waals surface area contributed by atoms with Crippen molar-refractivity contribution in [3.63, 3.8) is 0 Å². The monoisotopic (exact) mass is 394 g/mol. The molecule has 0 amide bonds. The molecule has 2 aromatic carbocycles. The molecule has 0 atom stereocenters. The SMILES string of the molecule is COCCOc1ccc(-c2c(-c3ccc(C#N)c(F)c3)nc(N)n(C)c2=O)cc1. The fraction of sp³-hybridized carbons (Fsp3) is 0.190. The lowest BCUT2D eigenvalue weighted by Gasteiger charge is -2.13. The van der Waals surface area contributed by atoms with Gasteiger partial charge in [0.05, 0.1) is 23.4 Å². The second-order valence-corrected chi connectivity index (χ2v) is 6.23. The highest BCUT2D eigenvalue weighted by molar-refractivity contribution is 5.81. The fourth-order valence-corrected chi connectivity index (χ4v) is 2.80. The number of hydrogen-bond acceptors (Lipinski definition) is 6. The van der Waals surface area contributed by atoms with Crippen LogP contribution in [0.1, 0.15) is 5.56 Å². The first-order valence-electron chi connectivity index (χ1n) is 8.75. The minimum atomic E-state index is -0.695.